The van der Waals surface area contributed by atoms with Crippen LogP contribution in [0.25, 0.3) is 0 Å². The number of ether oxygens (including phenoxy) is 1. The highest BCUT2D eigenvalue weighted by molar-refractivity contribution is 5.79. The molecule has 0 aliphatic heterocycles. The van der Waals surface area contributed by atoms with E-state index in [9.17, 15) is 23.6 Å². The van der Waals surface area contributed by atoms with Crippen molar-refractivity contribution >= 4 is 11.7 Å². The highest BCUT2D eigenvalue weighted by atomic mass is 19.3. The van der Waals surface area contributed by atoms with Crippen molar-refractivity contribution in [2.45, 2.75) is 19.0 Å². The van der Waals surface area contributed by atoms with Crippen LogP contribution in [0.15, 0.2) is 29.4 Å². The summed E-state index contributed by atoms with van der Waals surface area (Å²) in [6.45, 7) is 1.12. The van der Waals surface area contributed by atoms with Crippen molar-refractivity contribution in [3.05, 3.63) is 34.7 Å². The molecule has 18 heavy (non-hydrogen) atoms. The molecule has 1 unspecified atom stereocenters. The molecule has 0 fully saturated rings. The highest BCUT2D eigenvalue weighted by Crippen LogP contribution is 2.36. The second-order valence-electron chi connectivity index (χ2n) is 3.40. The summed E-state index contributed by atoms with van der Waals surface area (Å²) in [6, 6.07) is 4.99. The van der Waals surface area contributed by atoms with Gasteiger partial charge < -0.3 is 9.84 Å². The quantitative estimate of drug-likeness (QED) is 0.650. The normalized spacial score (nSPS) is 12.9. The molecule has 7 heteroatoms. The molecule has 0 spiro atoms. The second kappa shape index (κ2) is 5.63. The number of nitrogens with zero attached hydrogens (tertiary/aromatic N) is 1. The number of alkyl halides is 2. The van der Waals surface area contributed by atoms with E-state index in [2.05, 4.69) is 9.91 Å². The van der Waals surface area contributed by atoms with Crippen LogP contribution in [0.3, 0.4) is 0 Å². The van der Waals surface area contributed by atoms with Gasteiger partial charge in [-0.05, 0) is 18.2 Å². The maximum atomic E-state index is 13.5. The van der Waals surface area contributed by atoms with E-state index in [0.29, 0.717) is 0 Å². The lowest BCUT2D eigenvalue weighted by Crippen LogP contribution is -2.37. The smallest absolute Gasteiger partial charge is 0.380 e. The fourth-order valence-electron chi connectivity index (χ4n) is 1.34. The Hall–Kier alpha value is -1.89. The molecule has 98 valence electrons. The van der Waals surface area contributed by atoms with Crippen LogP contribution in [-0.2, 0) is 9.53 Å². The lowest BCUT2D eigenvalue weighted by Gasteiger charge is -2.21. The molecule has 0 saturated heterocycles. The summed E-state index contributed by atoms with van der Waals surface area (Å²) in [6.07, 6.45) is -2.48. The molecule has 0 aliphatic carbocycles. The first-order chi connectivity index (χ1) is 8.45. The van der Waals surface area contributed by atoms with Gasteiger partial charge in [-0.1, -0.05) is 18.2 Å². The Bertz CT molecular complexity index is 450. The molecule has 5 nitrogen and oxygen atoms in total. The zero-order valence-corrected chi connectivity index (χ0v) is 9.47. The lowest BCUT2D eigenvalue weighted by atomic mass is 10.0. The molecule has 1 rings (SSSR count). The van der Waals surface area contributed by atoms with E-state index in [4.69, 9.17) is 0 Å². The van der Waals surface area contributed by atoms with Crippen molar-refractivity contribution in [3.8, 4) is 0 Å². The first-order valence-electron chi connectivity index (χ1n) is 5.10. The SMILES string of the molecule is CCOC(=O)C(F)(F)C(O)c1ccccc1N=O. The van der Waals surface area contributed by atoms with Crippen LogP contribution < -0.4 is 0 Å². The molecule has 0 radical (unpaired) electrons. The van der Waals surface area contributed by atoms with Crippen LogP contribution in [0.4, 0.5) is 14.5 Å². The summed E-state index contributed by atoms with van der Waals surface area (Å²) in [5.41, 5.74) is -0.778. The van der Waals surface area contributed by atoms with Gasteiger partial charge in [0.05, 0.1) is 6.61 Å². The van der Waals surface area contributed by atoms with Crippen LogP contribution in [0.2, 0.25) is 0 Å². The van der Waals surface area contributed by atoms with Gasteiger partial charge >= 0.3 is 11.9 Å². The predicted molar refractivity (Wildman–Crippen MR) is 58.4 cm³/mol. The van der Waals surface area contributed by atoms with E-state index in [1.165, 1.54) is 19.1 Å². The molecule has 0 aliphatic rings. The minimum absolute atomic E-state index is 0.241. The van der Waals surface area contributed by atoms with Crippen molar-refractivity contribution < 1.29 is 23.4 Å². The third kappa shape index (κ3) is 2.67. The topological polar surface area (TPSA) is 76.0 Å². The van der Waals surface area contributed by atoms with Gasteiger partial charge in [0.15, 0.2) is 6.10 Å². The number of nitroso groups, excluding NO2 is 1. The van der Waals surface area contributed by atoms with E-state index in [-0.39, 0.29) is 12.3 Å². The van der Waals surface area contributed by atoms with Gasteiger partial charge in [0.25, 0.3) is 0 Å². The Balaban J connectivity index is 3.08. The lowest BCUT2D eigenvalue weighted by molar-refractivity contribution is -0.189. The number of hydrogen-bond acceptors (Lipinski definition) is 5. The standard InChI is InChI=1S/C11H11F2NO4/c1-2-18-10(16)11(12,13)9(15)7-5-3-4-6-8(7)14-17/h3-6,9,15H,2H2,1H3. The molecule has 0 bridgehead atoms. The van der Waals surface area contributed by atoms with Gasteiger partial charge in [-0.15, -0.1) is 4.91 Å². The first-order valence-corrected chi connectivity index (χ1v) is 5.10. The zero-order valence-electron chi connectivity index (χ0n) is 9.47. The van der Waals surface area contributed by atoms with Crippen molar-refractivity contribution in [1.82, 2.24) is 0 Å². The van der Waals surface area contributed by atoms with Gasteiger partial charge in [0.2, 0.25) is 0 Å². The van der Waals surface area contributed by atoms with Gasteiger partial charge in [0, 0.05) is 5.56 Å². The largest absolute Gasteiger partial charge is 0.461 e. The number of benzene rings is 1. The fourth-order valence-corrected chi connectivity index (χ4v) is 1.34. The van der Waals surface area contributed by atoms with Gasteiger partial charge in [-0.25, -0.2) is 4.79 Å². The molecular weight excluding hydrogens is 248 g/mol. The number of hydrogen-bond donors (Lipinski definition) is 1. The Kier molecular flexibility index (Phi) is 4.43. The summed E-state index contributed by atoms with van der Waals surface area (Å²) in [5, 5.41) is 12.0. The van der Waals surface area contributed by atoms with Gasteiger partial charge in [-0.2, -0.15) is 8.78 Å². The number of aliphatic hydroxyl groups is 1. The van der Waals surface area contributed by atoms with Gasteiger partial charge in [-0.3, -0.25) is 0 Å². The molecule has 1 aromatic carbocycles. The van der Waals surface area contributed by atoms with Crippen molar-refractivity contribution in [2.75, 3.05) is 6.61 Å². The third-order valence-corrected chi connectivity index (χ3v) is 2.22. The Morgan fingerprint density at radius 2 is 2.11 bits per heavy atom. The van der Waals surface area contributed by atoms with Gasteiger partial charge in [0.1, 0.15) is 5.69 Å². The summed E-state index contributed by atoms with van der Waals surface area (Å²) < 4.78 is 31.2. The summed E-state index contributed by atoms with van der Waals surface area (Å²) in [4.78, 5) is 21.5. The molecule has 1 atom stereocenters. The first kappa shape index (κ1) is 14.2. The Morgan fingerprint density at radius 1 is 1.50 bits per heavy atom. The van der Waals surface area contributed by atoms with E-state index in [1.54, 1.807) is 0 Å². The van der Waals surface area contributed by atoms with Crippen molar-refractivity contribution in [3.63, 3.8) is 0 Å². The Morgan fingerprint density at radius 3 is 2.67 bits per heavy atom. The van der Waals surface area contributed by atoms with E-state index >= 15 is 0 Å². The number of esters is 1. The molecule has 1 aromatic rings. The fraction of sp³-hybridized carbons (Fsp3) is 0.364. The number of carbonyl (C=O) groups excluding carboxylic acids is 1. The summed E-state index contributed by atoms with van der Waals surface area (Å²) in [5.74, 6) is -5.99. The van der Waals surface area contributed by atoms with Crippen molar-refractivity contribution in [2.24, 2.45) is 5.18 Å². The summed E-state index contributed by atoms with van der Waals surface area (Å²) >= 11 is 0. The minimum Gasteiger partial charge on any atom is -0.461 e. The van der Waals surface area contributed by atoms with Crippen LogP contribution in [0.1, 0.15) is 18.6 Å². The number of carbonyl (C=O) groups is 1. The summed E-state index contributed by atoms with van der Waals surface area (Å²) in [7, 11) is 0. The highest BCUT2D eigenvalue weighted by Gasteiger charge is 2.49. The van der Waals surface area contributed by atoms with E-state index < -0.39 is 23.6 Å². The van der Waals surface area contributed by atoms with Crippen molar-refractivity contribution in [1.29, 1.82) is 0 Å². The average molecular weight is 259 g/mol. The predicted octanol–water partition coefficient (Wildman–Crippen LogP) is 2.32. The number of rotatable bonds is 5. The molecule has 0 amide bonds. The molecule has 0 aromatic heterocycles. The van der Waals surface area contributed by atoms with Crippen LogP contribution in [-0.4, -0.2) is 23.6 Å². The maximum absolute atomic E-state index is 13.5. The zero-order chi connectivity index (χ0) is 13.8. The second-order valence-corrected chi connectivity index (χ2v) is 3.40. The van der Waals surface area contributed by atoms with E-state index in [0.717, 1.165) is 12.1 Å². The number of aliphatic hydroxyl groups excluding tert-OH is 1. The monoisotopic (exact) mass is 259 g/mol. The average Bonchev–Trinajstić information content (AvgIpc) is 2.38. The number of halogens is 2. The molecule has 0 heterocycles. The maximum Gasteiger partial charge on any atom is 0.380 e. The van der Waals surface area contributed by atoms with Crippen LogP contribution in [0, 0.1) is 4.91 Å². The van der Waals surface area contributed by atoms with E-state index in [1.807, 2.05) is 0 Å². The van der Waals surface area contributed by atoms with Crippen LogP contribution in [0.5, 0.6) is 0 Å². The Labute approximate surface area is 101 Å². The van der Waals surface area contributed by atoms with Crippen LogP contribution >= 0.6 is 0 Å². The minimum atomic E-state index is -4.14. The molecule has 1 N–H and O–H groups in total. The molecular formula is C11H11F2NO4. The molecule has 0 saturated carbocycles. The third-order valence-electron chi connectivity index (χ3n) is 2.22.